The van der Waals surface area contributed by atoms with E-state index < -0.39 is 0 Å². The van der Waals surface area contributed by atoms with Crippen molar-refractivity contribution in [3.05, 3.63) is 34.2 Å². The van der Waals surface area contributed by atoms with E-state index in [0.717, 1.165) is 24.9 Å². The number of aryl methyl sites for hydroxylation is 2. The maximum Gasteiger partial charge on any atom is 0.0956 e. The predicted molar refractivity (Wildman–Crippen MR) is 81.9 cm³/mol. The van der Waals surface area contributed by atoms with E-state index >= 15 is 0 Å². The topological polar surface area (TPSA) is 32.3 Å². The Morgan fingerprint density at radius 3 is 3.00 bits per heavy atom. The number of benzene rings is 1. The Balaban J connectivity index is 2.07. The van der Waals surface area contributed by atoms with Crippen LogP contribution < -0.4 is 5.32 Å². The largest absolute Gasteiger partial charge is 0.387 e. The lowest BCUT2D eigenvalue weighted by Gasteiger charge is -2.19. The molecule has 2 aromatic rings. The maximum atomic E-state index is 10.6. The highest BCUT2D eigenvalue weighted by Crippen LogP contribution is 2.37. The molecule has 1 aliphatic rings. The molecule has 19 heavy (non-hydrogen) atoms. The summed E-state index contributed by atoms with van der Waals surface area (Å²) in [5, 5.41) is 15.4. The molecule has 0 radical (unpaired) electrons. The number of hydrogen-bond acceptors (Lipinski definition) is 3. The summed E-state index contributed by atoms with van der Waals surface area (Å²) in [7, 11) is 0. The van der Waals surface area contributed by atoms with Crippen molar-refractivity contribution in [3.8, 4) is 0 Å². The summed E-state index contributed by atoms with van der Waals surface area (Å²) in [5.74, 6) is 0. The van der Waals surface area contributed by atoms with Crippen LogP contribution in [0.25, 0.3) is 10.1 Å². The summed E-state index contributed by atoms with van der Waals surface area (Å²) in [6.07, 6.45) is 2.93. The van der Waals surface area contributed by atoms with Gasteiger partial charge in [-0.2, -0.15) is 0 Å². The third kappa shape index (κ3) is 2.20. The van der Waals surface area contributed by atoms with Gasteiger partial charge in [-0.05, 0) is 49.2 Å². The minimum atomic E-state index is -0.381. The summed E-state index contributed by atoms with van der Waals surface area (Å²) in [4.78, 5) is 1.44. The molecule has 0 aliphatic carbocycles. The van der Waals surface area contributed by atoms with Crippen LogP contribution in [0.5, 0.6) is 0 Å². The summed E-state index contributed by atoms with van der Waals surface area (Å²) in [6, 6.07) is 6.56. The molecular weight excluding hydrogens is 254 g/mol. The lowest BCUT2D eigenvalue weighted by molar-refractivity contribution is 0.139. The number of thiophene rings is 1. The van der Waals surface area contributed by atoms with Gasteiger partial charge in [-0.1, -0.05) is 25.1 Å². The lowest BCUT2D eigenvalue weighted by Crippen LogP contribution is -2.28. The van der Waals surface area contributed by atoms with Gasteiger partial charge in [0.2, 0.25) is 0 Å². The highest BCUT2D eigenvalue weighted by Gasteiger charge is 2.26. The molecule has 2 atom stereocenters. The Morgan fingerprint density at radius 2 is 2.32 bits per heavy atom. The highest BCUT2D eigenvalue weighted by molar-refractivity contribution is 7.19. The van der Waals surface area contributed by atoms with Gasteiger partial charge in [0.15, 0.2) is 0 Å². The van der Waals surface area contributed by atoms with E-state index in [1.807, 2.05) is 11.3 Å². The number of nitrogens with one attached hydrogen (secondary N) is 1. The number of aliphatic hydroxyl groups excluding tert-OH is 1. The van der Waals surface area contributed by atoms with Crippen molar-refractivity contribution in [2.24, 2.45) is 0 Å². The summed E-state index contributed by atoms with van der Waals surface area (Å²) in [6.45, 7) is 5.43. The molecule has 2 nitrogen and oxygen atoms in total. The minimum Gasteiger partial charge on any atom is -0.387 e. The molecule has 1 aromatic carbocycles. The van der Waals surface area contributed by atoms with E-state index in [1.54, 1.807) is 0 Å². The van der Waals surface area contributed by atoms with Gasteiger partial charge in [0.05, 0.1) is 6.10 Å². The second-order valence-corrected chi connectivity index (χ2v) is 6.48. The lowest BCUT2D eigenvalue weighted by atomic mass is 9.99. The van der Waals surface area contributed by atoms with Crippen molar-refractivity contribution in [1.29, 1.82) is 0 Å². The van der Waals surface area contributed by atoms with E-state index in [-0.39, 0.29) is 12.1 Å². The first kappa shape index (κ1) is 13.1. The zero-order chi connectivity index (χ0) is 13.4. The molecule has 2 N–H and O–H groups in total. The number of rotatable bonds is 3. The average molecular weight is 275 g/mol. The van der Waals surface area contributed by atoms with E-state index in [2.05, 4.69) is 37.4 Å². The van der Waals surface area contributed by atoms with Gasteiger partial charge in [0, 0.05) is 15.6 Å². The molecule has 0 saturated carbocycles. The zero-order valence-electron chi connectivity index (χ0n) is 11.6. The fraction of sp³-hybridized carbons (Fsp3) is 0.500. The predicted octanol–water partition coefficient (Wildman–Crippen LogP) is 3.56. The van der Waals surface area contributed by atoms with Crippen LogP contribution in [0.3, 0.4) is 0 Å². The quantitative estimate of drug-likeness (QED) is 0.897. The standard InChI is InChI=1S/C16H21NOS/c1-3-14-10(2)11-6-4-7-12(16(11)19-14)15(18)13-8-5-9-17-13/h4,6-7,13,15,17-18H,3,5,8-9H2,1-2H3/t13-,15+/m0/s1. The van der Waals surface area contributed by atoms with Gasteiger partial charge in [-0.3, -0.25) is 0 Å². The van der Waals surface area contributed by atoms with Crippen molar-refractivity contribution in [2.75, 3.05) is 6.54 Å². The fourth-order valence-corrected chi connectivity index (χ4v) is 4.37. The molecule has 3 rings (SSSR count). The molecule has 3 heteroatoms. The Morgan fingerprint density at radius 1 is 1.47 bits per heavy atom. The van der Waals surface area contributed by atoms with E-state index in [4.69, 9.17) is 0 Å². The number of aliphatic hydroxyl groups is 1. The average Bonchev–Trinajstić information content (AvgIpc) is 3.06. The van der Waals surface area contributed by atoms with Crippen LogP contribution in [0.4, 0.5) is 0 Å². The highest BCUT2D eigenvalue weighted by atomic mass is 32.1. The second-order valence-electron chi connectivity index (χ2n) is 5.38. The first-order valence-corrected chi connectivity index (χ1v) is 7.96. The fourth-order valence-electron chi connectivity index (χ4n) is 3.08. The zero-order valence-corrected chi connectivity index (χ0v) is 12.4. The normalized spacial score (nSPS) is 21.1. The van der Waals surface area contributed by atoms with Crippen molar-refractivity contribution < 1.29 is 5.11 Å². The van der Waals surface area contributed by atoms with Gasteiger partial charge in [-0.15, -0.1) is 11.3 Å². The van der Waals surface area contributed by atoms with Crippen LogP contribution >= 0.6 is 11.3 Å². The van der Waals surface area contributed by atoms with Crippen LogP contribution in [0.15, 0.2) is 18.2 Å². The van der Waals surface area contributed by atoms with Gasteiger partial charge < -0.3 is 10.4 Å². The summed E-state index contributed by atoms with van der Waals surface area (Å²) >= 11 is 1.85. The number of fused-ring (bicyclic) bond motifs is 1. The maximum absolute atomic E-state index is 10.6. The van der Waals surface area contributed by atoms with Crippen LogP contribution in [0.1, 0.15) is 41.9 Å². The van der Waals surface area contributed by atoms with Crippen LogP contribution in [-0.4, -0.2) is 17.7 Å². The molecule has 0 bridgehead atoms. The molecule has 2 heterocycles. The second kappa shape index (κ2) is 5.23. The van der Waals surface area contributed by atoms with Crippen LogP contribution in [0, 0.1) is 6.92 Å². The van der Waals surface area contributed by atoms with Crippen LogP contribution in [0.2, 0.25) is 0 Å². The molecule has 1 aliphatic heterocycles. The molecule has 0 spiro atoms. The first-order chi connectivity index (χ1) is 9.22. The van der Waals surface area contributed by atoms with Crippen LogP contribution in [-0.2, 0) is 6.42 Å². The van der Waals surface area contributed by atoms with Gasteiger partial charge >= 0.3 is 0 Å². The Kier molecular flexibility index (Phi) is 3.61. The number of hydrogen-bond donors (Lipinski definition) is 2. The summed E-state index contributed by atoms with van der Waals surface area (Å²) < 4.78 is 1.28. The molecule has 0 amide bonds. The van der Waals surface area contributed by atoms with E-state index in [0.29, 0.717) is 0 Å². The monoisotopic (exact) mass is 275 g/mol. The molecule has 1 fully saturated rings. The van der Waals surface area contributed by atoms with Gasteiger partial charge in [0.1, 0.15) is 0 Å². The van der Waals surface area contributed by atoms with Crippen molar-refractivity contribution in [2.45, 2.75) is 45.3 Å². The van der Waals surface area contributed by atoms with E-state index in [9.17, 15) is 5.11 Å². The summed E-state index contributed by atoms with van der Waals surface area (Å²) in [5.41, 5.74) is 2.49. The Hall–Kier alpha value is -0.900. The van der Waals surface area contributed by atoms with E-state index in [1.165, 1.54) is 26.9 Å². The molecule has 102 valence electrons. The van der Waals surface area contributed by atoms with Gasteiger partial charge in [0.25, 0.3) is 0 Å². The third-order valence-corrected chi connectivity index (χ3v) is 5.71. The van der Waals surface area contributed by atoms with Crippen molar-refractivity contribution in [1.82, 2.24) is 5.32 Å². The SMILES string of the molecule is CCc1sc2c([C@@H](O)[C@@H]3CCCN3)cccc2c1C. The smallest absolute Gasteiger partial charge is 0.0956 e. The Bertz CT molecular complexity index is 584. The first-order valence-electron chi connectivity index (χ1n) is 7.14. The van der Waals surface area contributed by atoms with Crippen molar-refractivity contribution in [3.63, 3.8) is 0 Å². The molecule has 1 saturated heterocycles. The Labute approximate surface area is 118 Å². The molecular formula is C16H21NOS. The minimum absolute atomic E-state index is 0.220. The molecule has 1 aromatic heterocycles. The molecule has 0 unspecified atom stereocenters. The third-order valence-electron chi connectivity index (χ3n) is 4.21. The van der Waals surface area contributed by atoms with Gasteiger partial charge in [-0.25, -0.2) is 0 Å². The van der Waals surface area contributed by atoms with Crippen molar-refractivity contribution >= 4 is 21.4 Å².